The summed E-state index contributed by atoms with van der Waals surface area (Å²) in [5, 5.41) is 11.1. The molecule has 1 heterocycles. The Hall–Kier alpha value is -3.32. The van der Waals surface area contributed by atoms with E-state index in [2.05, 4.69) is 0 Å². The van der Waals surface area contributed by atoms with Gasteiger partial charge in [0.15, 0.2) is 11.5 Å². The molecule has 2 aromatic rings. The molecule has 0 aliphatic carbocycles. The molecular weight excluding hydrogens is 420 g/mol. The number of rotatable bonds is 9. The third-order valence-electron chi connectivity index (χ3n) is 5.67. The highest BCUT2D eigenvalue weighted by Crippen LogP contribution is 2.42. The molecule has 3 rings (SSSR count). The first-order chi connectivity index (χ1) is 15.8. The molecule has 1 fully saturated rings. The molecule has 1 saturated heterocycles. The Morgan fingerprint density at radius 2 is 1.79 bits per heavy atom. The molecule has 1 aliphatic heterocycles. The van der Waals surface area contributed by atoms with E-state index < -0.39 is 17.7 Å². The number of aliphatic hydroxyl groups is 1. The molecule has 33 heavy (non-hydrogen) atoms. The van der Waals surface area contributed by atoms with Crippen molar-refractivity contribution in [2.45, 2.75) is 26.3 Å². The van der Waals surface area contributed by atoms with Crippen LogP contribution >= 0.6 is 0 Å². The minimum Gasteiger partial charge on any atom is -0.507 e. The minimum absolute atomic E-state index is 0.0833. The van der Waals surface area contributed by atoms with Crippen LogP contribution in [0.3, 0.4) is 0 Å². The van der Waals surface area contributed by atoms with Crippen molar-refractivity contribution in [3.05, 3.63) is 64.7 Å². The summed E-state index contributed by atoms with van der Waals surface area (Å²) in [7, 11) is 5.46. The third-order valence-corrected chi connectivity index (χ3v) is 5.67. The molecule has 0 unspecified atom stereocenters. The predicted molar refractivity (Wildman–Crippen MR) is 128 cm³/mol. The van der Waals surface area contributed by atoms with E-state index >= 15 is 0 Å². The fraction of sp³-hybridized carbons (Fsp3) is 0.385. The molecule has 0 saturated carbocycles. The van der Waals surface area contributed by atoms with Gasteiger partial charge in [0.25, 0.3) is 11.7 Å². The van der Waals surface area contributed by atoms with Crippen molar-refractivity contribution in [2.24, 2.45) is 0 Å². The van der Waals surface area contributed by atoms with Crippen LogP contribution in [0.5, 0.6) is 11.5 Å². The summed E-state index contributed by atoms with van der Waals surface area (Å²) in [6.45, 7) is 5.45. The lowest BCUT2D eigenvalue weighted by Crippen LogP contribution is -2.32. The maximum Gasteiger partial charge on any atom is 0.295 e. The number of amides is 1. The van der Waals surface area contributed by atoms with E-state index in [0.717, 1.165) is 12.1 Å². The molecule has 0 bridgehead atoms. The van der Waals surface area contributed by atoms with Crippen molar-refractivity contribution in [1.29, 1.82) is 0 Å². The second-order valence-electron chi connectivity index (χ2n) is 8.36. The Kier molecular flexibility index (Phi) is 7.76. The van der Waals surface area contributed by atoms with E-state index in [1.807, 2.05) is 51.0 Å². The molecule has 1 N–H and O–H groups in total. The fourth-order valence-electron chi connectivity index (χ4n) is 4.01. The molecular formula is C26H32N2O5. The first-order valence-corrected chi connectivity index (χ1v) is 11.1. The van der Waals surface area contributed by atoms with Gasteiger partial charge in [-0.05, 0) is 58.6 Å². The molecule has 0 spiro atoms. The number of aryl methyl sites for hydroxylation is 1. The van der Waals surface area contributed by atoms with Crippen LogP contribution in [0.4, 0.5) is 0 Å². The normalized spacial score (nSPS) is 17.6. The summed E-state index contributed by atoms with van der Waals surface area (Å²) in [5.74, 6) is -0.396. The van der Waals surface area contributed by atoms with Gasteiger partial charge in [0.05, 0.1) is 25.3 Å². The van der Waals surface area contributed by atoms with E-state index in [0.29, 0.717) is 42.2 Å². The highest BCUT2D eigenvalue weighted by atomic mass is 16.5. The van der Waals surface area contributed by atoms with Gasteiger partial charge in [-0.15, -0.1) is 0 Å². The van der Waals surface area contributed by atoms with Crippen molar-refractivity contribution >= 4 is 17.4 Å². The van der Waals surface area contributed by atoms with Crippen LogP contribution in [0.15, 0.2) is 48.0 Å². The van der Waals surface area contributed by atoms with Gasteiger partial charge in [-0.1, -0.05) is 35.9 Å². The smallest absolute Gasteiger partial charge is 0.295 e. The van der Waals surface area contributed by atoms with E-state index in [1.54, 1.807) is 36.3 Å². The van der Waals surface area contributed by atoms with Crippen LogP contribution in [-0.4, -0.2) is 67.5 Å². The number of ether oxygens (including phenoxy) is 2. The molecule has 7 nitrogen and oxygen atoms in total. The van der Waals surface area contributed by atoms with Crippen LogP contribution < -0.4 is 9.47 Å². The van der Waals surface area contributed by atoms with Gasteiger partial charge in [-0.2, -0.15) is 0 Å². The van der Waals surface area contributed by atoms with Gasteiger partial charge in [0.1, 0.15) is 5.76 Å². The quantitative estimate of drug-likeness (QED) is 0.354. The van der Waals surface area contributed by atoms with Crippen LogP contribution in [0, 0.1) is 6.92 Å². The van der Waals surface area contributed by atoms with Crippen LogP contribution in [-0.2, 0) is 9.59 Å². The Balaban J connectivity index is 2.12. The number of methoxy groups -OCH3 is 1. The average Bonchev–Trinajstić information content (AvgIpc) is 3.04. The predicted octanol–water partition coefficient (Wildman–Crippen LogP) is 3.78. The Bertz CT molecular complexity index is 1040. The van der Waals surface area contributed by atoms with E-state index in [-0.39, 0.29) is 11.3 Å². The Morgan fingerprint density at radius 3 is 2.39 bits per heavy atom. The molecule has 1 amide bonds. The van der Waals surface area contributed by atoms with Crippen LogP contribution in [0.1, 0.15) is 36.1 Å². The first kappa shape index (κ1) is 24.3. The maximum absolute atomic E-state index is 13.1. The van der Waals surface area contributed by atoms with Crippen molar-refractivity contribution < 1.29 is 24.2 Å². The molecule has 7 heteroatoms. The number of hydrogen-bond acceptors (Lipinski definition) is 6. The summed E-state index contributed by atoms with van der Waals surface area (Å²) >= 11 is 0. The molecule has 2 aromatic carbocycles. The number of carbonyl (C=O) groups is 2. The van der Waals surface area contributed by atoms with Crippen LogP contribution in [0.2, 0.25) is 0 Å². The van der Waals surface area contributed by atoms with E-state index in [1.165, 1.54) is 0 Å². The summed E-state index contributed by atoms with van der Waals surface area (Å²) < 4.78 is 11.1. The molecule has 1 atom stereocenters. The zero-order valence-electron chi connectivity index (χ0n) is 19.9. The topological polar surface area (TPSA) is 79.3 Å². The number of Topliss-reactive ketones (excluding diaryl/α,β-unsaturated/α-hetero) is 1. The fourth-order valence-corrected chi connectivity index (χ4v) is 4.01. The lowest BCUT2D eigenvalue weighted by Gasteiger charge is -2.26. The number of carbonyl (C=O) groups excluding carboxylic acids is 2. The van der Waals surface area contributed by atoms with Gasteiger partial charge in [0.2, 0.25) is 0 Å². The molecule has 0 radical (unpaired) electrons. The van der Waals surface area contributed by atoms with Crippen molar-refractivity contribution in [3.63, 3.8) is 0 Å². The molecule has 176 valence electrons. The number of hydrogen-bond donors (Lipinski definition) is 1. The van der Waals surface area contributed by atoms with Crippen LogP contribution in [0.25, 0.3) is 5.76 Å². The Labute approximate surface area is 195 Å². The second kappa shape index (κ2) is 10.5. The number of benzene rings is 2. The van der Waals surface area contributed by atoms with Gasteiger partial charge < -0.3 is 24.4 Å². The lowest BCUT2D eigenvalue weighted by molar-refractivity contribution is -0.139. The van der Waals surface area contributed by atoms with Crippen molar-refractivity contribution in [1.82, 2.24) is 9.80 Å². The maximum atomic E-state index is 13.1. The summed E-state index contributed by atoms with van der Waals surface area (Å²) in [6.07, 6.45) is 0.690. The SMILES string of the molecule is CCOc1ccc([C@H]2C(=C(O)c3ccc(C)cc3)C(=O)C(=O)N2CCCN(C)C)cc1OC. The monoisotopic (exact) mass is 452 g/mol. The van der Waals surface area contributed by atoms with Crippen molar-refractivity contribution in [3.8, 4) is 11.5 Å². The second-order valence-corrected chi connectivity index (χ2v) is 8.36. The molecule has 0 aromatic heterocycles. The summed E-state index contributed by atoms with van der Waals surface area (Å²) in [5.41, 5.74) is 2.28. The van der Waals surface area contributed by atoms with Crippen molar-refractivity contribution in [2.75, 3.05) is 40.9 Å². The third kappa shape index (κ3) is 5.20. The van der Waals surface area contributed by atoms with Gasteiger partial charge in [0, 0.05) is 12.1 Å². The van der Waals surface area contributed by atoms with E-state index in [4.69, 9.17) is 9.47 Å². The standard InChI is InChI=1S/C26H32N2O5/c1-6-33-20-13-12-19(16-21(20)32-5)23-22(24(29)18-10-8-17(2)9-11-18)25(30)26(31)28(23)15-7-14-27(3)4/h8-13,16,23,29H,6-7,14-15H2,1-5H3/t23-/m0/s1. The molecule has 1 aliphatic rings. The first-order valence-electron chi connectivity index (χ1n) is 11.1. The van der Waals surface area contributed by atoms with Gasteiger partial charge in [-0.25, -0.2) is 0 Å². The number of nitrogens with zero attached hydrogens (tertiary/aromatic N) is 2. The zero-order chi connectivity index (χ0) is 24.1. The zero-order valence-corrected chi connectivity index (χ0v) is 19.9. The summed E-state index contributed by atoms with van der Waals surface area (Å²) in [6, 6.07) is 11.8. The largest absolute Gasteiger partial charge is 0.507 e. The van der Waals surface area contributed by atoms with Gasteiger partial charge in [-0.3, -0.25) is 9.59 Å². The summed E-state index contributed by atoms with van der Waals surface area (Å²) in [4.78, 5) is 29.7. The van der Waals surface area contributed by atoms with E-state index in [9.17, 15) is 14.7 Å². The Morgan fingerprint density at radius 1 is 1.09 bits per heavy atom. The highest BCUT2D eigenvalue weighted by Gasteiger charge is 2.46. The number of ketones is 1. The highest BCUT2D eigenvalue weighted by molar-refractivity contribution is 6.46. The minimum atomic E-state index is -0.724. The van der Waals surface area contributed by atoms with Gasteiger partial charge >= 0.3 is 0 Å². The number of likely N-dealkylation sites (tertiary alicyclic amines) is 1. The number of aliphatic hydroxyl groups excluding tert-OH is 1. The lowest BCUT2D eigenvalue weighted by atomic mass is 9.94. The average molecular weight is 453 g/mol.